The van der Waals surface area contributed by atoms with E-state index in [2.05, 4.69) is 10.6 Å². The Morgan fingerprint density at radius 3 is 2.08 bits per heavy atom. The third-order valence-corrected chi connectivity index (χ3v) is 6.78. The quantitative estimate of drug-likeness (QED) is 0.241. The van der Waals surface area contributed by atoms with Crippen molar-refractivity contribution < 1.29 is 33.8 Å². The second kappa shape index (κ2) is 15.2. The minimum absolute atomic E-state index is 0.0806. The van der Waals surface area contributed by atoms with Gasteiger partial charge in [-0.3, -0.25) is 19.2 Å². The average Bonchev–Trinajstić information content (AvgIpc) is 3.63. The molecule has 3 N–H and O–H groups in total. The monoisotopic (exact) mass is 546 g/mol. The number of nitrogens with one attached hydrogen (secondary N) is 2. The van der Waals surface area contributed by atoms with Crippen molar-refractivity contribution in [3.63, 3.8) is 0 Å². The molecule has 0 unspecified atom stereocenters. The van der Waals surface area contributed by atoms with Crippen LogP contribution in [0.3, 0.4) is 0 Å². The molecule has 0 radical (unpaired) electrons. The lowest BCUT2D eigenvalue weighted by Crippen LogP contribution is -2.50. The van der Waals surface area contributed by atoms with Crippen LogP contribution in [0, 0.1) is 17.8 Å². The van der Waals surface area contributed by atoms with Crippen LogP contribution in [-0.2, 0) is 35.1 Å². The Bertz CT molecular complexity index is 959. The third-order valence-electron chi connectivity index (χ3n) is 6.78. The molecule has 2 rings (SSSR count). The van der Waals surface area contributed by atoms with Crippen molar-refractivity contribution in [1.82, 2.24) is 10.6 Å². The van der Waals surface area contributed by atoms with Crippen LogP contribution < -0.4 is 10.6 Å². The Hall–Kier alpha value is -2.62. The molecular formula is C30H46N2O7. The number of rotatable bonds is 18. The second-order valence-corrected chi connectivity index (χ2v) is 11.5. The lowest BCUT2D eigenvalue weighted by molar-refractivity contribution is -0.137. The second-order valence-electron chi connectivity index (χ2n) is 11.5. The van der Waals surface area contributed by atoms with Crippen molar-refractivity contribution in [2.24, 2.45) is 17.8 Å². The highest BCUT2D eigenvalue weighted by Crippen LogP contribution is 2.30. The number of ether oxygens (including phenoxy) is 2. The fraction of sp³-hybridized carbons (Fsp3) is 0.667. The van der Waals surface area contributed by atoms with E-state index < -0.39 is 35.6 Å². The van der Waals surface area contributed by atoms with E-state index in [4.69, 9.17) is 9.47 Å². The van der Waals surface area contributed by atoms with Crippen LogP contribution >= 0.6 is 0 Å². The number of hydrogen-bond acceptors (Lipinski definition) is 7. The van der Waals surface area contributed by atoms with Gasteiger partial charge in [0.05, 0.1) is 25.3 Å². The highest BCUT2D eigenvalue weighted by molar-refractivity contribution is 5.98. The number of ketones is 2. The van der Waals surface area contributed by atoms with Gasteiger partial charge in [0.25, 0.3) is 5.91 Å². The first-order valence-electron chi connectivity index (χ1n) is 14.0. The summed E-state index contributed by atoms with van der Waals surface area (Å²) in [6.45, 7) is 11.8. The van der Waals surface area contributed by atoms with Crippen LogP contribution in [0.1, 0.15) is 66.4 Å². The molecule has 1 saturated heterocycles. The van der Waals surface area contributed by atoms with Gasteiger partial charge in [0.2, 0.25) is 5.91 Å². The molecule has 1 aromatic carbocycles. The predicted molar refractivity (Wildman–Crippen MR) is 148 cm³/mol. The van der Waals surface area contributed by atoms with Crippen molar-refractivity contribution in [1.29, 1.82) is 0 Å². The molecule has 0 bridgehead atoms. The SMILES string of the molecule is CCOC[C@H](O)C(=O)N[C@@H](CC(C)C)C(=O)C[C@@H](Cc1ccccc1)C(=O)N[C@@H](CC(C)C)C(=O)[C@@]1(C)CO1. The summed E-state index contributed by atoms with van der Waals surface area (Å²) in [6.07, 6.45) is -0.417. The first-order chi connectivity index (χ1) is 18.4. The topological polar surface area (TPSA) is 134 Å². The first kappa shape index (κ1) is 32.6. The van der Waals surface area contributed by atoms with E-state index in [1.807, 2.05) is 58.0 Å². The van der Waals surface area contributed by atoms with Gasteiger partial charge in [-0.1, -0.05) is 58.0 Å². The lowest BCUT2D eigenvalue weighted by Gasteiger charge is -2.26. The molecule has 9 heteroatoms. The van der Waals surface area contributed by atoms with Crippen LogP contribution in [0.5, 0.6) is 0 Å². The van der Waals surface area contributed by atoms with Crippen molar-refractivity contribution in [3.05, 3.63) is 35.9 Å². The van der Waals surface area contributed by atoms with Gasteiger partial charge in [0.15, 0.2) is 17.7 Å². The van der Waals surface area contributed by atoms with Crippen LogP contribution in [0.2, 0.25) is 0 Å². The molecule has 9 nitrogen and oxygen atoms in total. The van der Waals surface area contributed by atoms with E-state index in [0.29, 0.717) is 32.5 Å². The van der Waals surface area contributed by atoms with Gasteiger partial charge < -0.3 is 25.2 Å². The van der Waals surface area contributed by atoms with E-state index in [1.54, 1.807) is 13.8 Å². The largest absolute Gasteiger partial charge is 0.381 e. The maximum Gasteiger partial charge on any atom is 0.251 e. The summed E-state index contributed by atoms with van der Waals surface area (Å²) in [5, 5.41) is 15.7. The van der Waals surface area contributed by atoms with Gasteiger partial charge in [-0.25, -0.2) is 0 Å². The van der Waals surface area contributed by atoms with E-state index in [1.165, 1.54) is 0 Å². The average molecular weight is 547 g/mol. The van der Waals surface area contributed by atoms with Crippen LogP contribution in [0.15, 0.2) is 30.3 Å². The Labute approximate surface area is 232 Å². The minimum atomic E-state index is -1.40. The number of amides is 2. The molecule has 0 aromatic heterocycles. The van der Waals surface area contributed by atoms with Gasteiger partial charge in [-0.05, 0) is 50.5 Å². The van der Waals surface area contributed by atoms with Gasteiger partial charge in [-0.15, -0.1) is 0 Å². The number of carbonyl (C=O) groups excluding carboxylic acids is 4. The standard InChI is InChI=1S/C30H46N2O7/c1-7-38-17-26(34)29(37)31-23(13-19(2)3)25(33)16-22(15-21-11-9-8-10-12-21)28(36)32-24(14-20(4)5)27(35)30(6)18-39-30/h8-12,19-20,22-24,26,34H,7,13-18H2,1-6H3,(H,31,37)(H,32,36)/t22-,23+,24+,26+,30-/m1/s1. The summed E-state index contributed by atoms with van der Waals surface area (Å²) in [5.41, 5.74) is -0.00160. The number of aliphatic hydroxyl groups is 1. The maximum atomic E-state index is 13.6. The number of Topliss-reactive ketones (excluding diaryl/α,β-unsaturated/α-hetero) is 2. The summed E-state index contributed by atoms with van der Waals surface area (Å²) in [6, 6.07) is 7.79. The van der Waals surface area contributed by atoms with Crippen LogP contribution in [0.25, 0.3) is 0 Å². The normalized spacial score (nSPS) is 19.7. The fourth-order valence-electron chi connectivity index (χ4n) is 4.47. The summed E-state index contributed by atoms with van der Waals surface area (Å²) in [7, 11) is 0. The van der Waals surface area contributed by atoms with E-state index in [-0.39, 0.29) is 42.3 Å². The Balaban J connectivity index is 2.24. The summed E-state index contributed by atoms with van der Waals surface area (Å²) < 4.78 is 10.5. The first-order valence-corrected chi connectivity index (χ1v) is 14.0. The van der Waals surface area contributed by atoms with Crippen molar-refractivity contribution in [2.45, 2.75) is 91.0 Å². The summed E-state index contributed by atoms with van der Waals surface area (Å²) in [4.78, 5) is 52.8. The smallest absolute Gasteiger partial charge is 0.251 e. The molecule has 0 saturated carbocycles. The van der Waals surface area contributed by atoms with Crippen molar-refractivity contribution in [2.75, 3.05) is 19.8 Å². The van der Waals surface area contributed by atoms with E-state index in [9.17, 15) is 24.3 Å². The molecule has 1 aliphatic rings. The Morgan fingerprint density at radius 2 is 1.54 bits per heavy atom. The summed E-state index contributed by atoms with van der Waals surface area (Å²) >= 11 is 0. The molecular weight excluding hydrogens is 500 g/mol. The van der Waals surface area contributed by atoms with Gasteiger partial charge >= 0.3 is 0 Å². The lowest BCUT2D eigenvalue weighted by atomic mass is 9.88. The van der Waals surface area contributed by atoms with Gasteiger partial charge in [0, 0.05) is 18.9 Å². The molecule has 1 aliphatic heterocycles. The third kappa shape index (κ3) is 10.8. The van der Waals surface area contributed by atoms with E-state index >= 15 is 0 Å². The maximum absolute atomic E-state index is 13.6. The number of aliphatic hydroxyl groups excluding tert-OH is 1. The molecule has 5 atom stereocenters. The highest BCUT2D eigenvalue weighted by Gasteiger charge is 2.50. The number of epoxide rings is 1. The molecule has 1 fully saturated rings. The molecule has 2 amide bonds. The minimum Gasteiger partial charge on any atom is -0.381 e. The van der Waals surface area contributed by atoms with Gasteiger partial charge in [-0.2, -0.15) is 0 Å². The molecule has 1 aromatic rings. The fourth-order valence-corrected chi connectivity index (χ4v) is 4.47. The molecule has 0 spiro atoms. The zero-order chi connectivity index (χ0) is 29.2. The molecule has 0 aliphatic carbocycles. The number of hydrogen-bond donors (Lipinski definition) is 3. The number of carbonyl (C=O) groups is 4. The van der Waals surface area contributed by atoms with Crippen LogP contribution in [-0.4, -0.2) is 72.1 Å². The highest BCUT2D eigenvalue weighted by atomic mass is 16.6. The zero-order valence-electron chi connectivity index (χ0n) is 24.2. The predicted octanol–water partition coefficient (Wildman–Crippen LogP) is 2.62. The summed E-state index contributed by atoms with van der Waals surface area (Å²) in [5.74, 6) is -2.06. The van der Waals surface area contributed by atoms with Crippen molar-refractivity contribution >= 4 is 23.4 Å². The Kier molecular flexibility index (Phi) is 12.7. The molecule has 1 heterocycles. The number of benzene rings is 1. The molecule has 39 heavy (non-hydrogen) atoms. The Morgan fingerprint density at radius 1 is 0.974 bits per heavy atom. The zero-order valence-corrected chi connectivity index (χ0v) is 24.2. The van der Waals surface area contributed by atoms with Gasteiger partial charge in [0.1, 0.15) is 5.60 Å². The van der Waals surface area contributed by atoms with Crippen molar-refractivity contribution in [3.8, 4) is 0 Å². The molecule has 218 valence electrons. The van der Waals surface area contributed by atoms with E-state index in [0.717, 1.165) is 5.56 Å². The van der Waals surface area contributed by atoms with Crippen LogP contribution in [0.4, 0.5) is 0 Å².